The van der Waals surface area contributed by atoms with Crippen LogP contribution in [-0.2, 0) is 10.0 Å². The molecule has 2 heterocycles. The molecule has 9 heavy (non-hydrogen) atoms. The van der Waals surface area contributed by atoms with Crippen LogP contribution in [0.5, 0.6) is 0 Å². The summed E-state index contributed by atoms with van der Waals surface area (Å²) in [7, 11) is -3.03. The number of nitrogens with zero attached hydrogens (tertiary/aromatic N) is 2. The van der Waals surface area contributed by atoms with Crippen LogP contribution in [0.25, 0.3) is 0 Å². The zero-order valence-corrected chi connectivity index (χ0v) is 5.51. The first-order valence-electron chi connectivity index (χ1n) is 2.44. The van der Waals surface area contributed by atoms with Gasteiger partial charge in [-0.3, -0.25) is 0 Å². The maximum atomic E-state index is 10.6. The molecule has 0 saturated carbocycles. The highest BCUT2D eigenvalue weighted by atomic mass is 32.2. The fourth-order valence-corrected chi connectivity index (χ4v) is 1.93. The maximum Gasteiger partial charge on any atom is 0.305 e. The van der Waals surface area contributed by atoms with E-state index in [0.29, 0.717) is 0 Å². The average Bonchev–Trinajstić information content (AvgIpc) is 2.27. The van der Waals surface area contributed by atoms with Gasteiger partial charge in [-0.2, -0.15) is 8.42 Å². The van der Waals surface area contributed by atoms with Gasteiger partial charge in [-0.1, -0.05) is 0 Å². The van der Waals surface area contributed by atoms with Gasteiger partial charge in [-0.25, -0.2) is 8.96 Å². The first-order valence-corrected chi connectivity index (χ1v) is 3.88. The van der Waals surface area contributed by atoms with E-state index in [9.17, 15) is 8.42 Å². The third kappa shape index (κ3) is 0.426. The normalized spacial score (nSPS) is 19.2. The third-order valence-electron chi connectivity index (χ3n) is 1.22. The fourth-order valence-electron chi connectivity index (χ4n) is 0.755. The Morgan fingerprint density at radius 2 is 2.33 bits per heavy atom. The smallest absolute Gasteiger partial charge is 0.221 e. The van der Waals surface area contributed by atoms with Crippen molar-refractivity contribution in [3.63, 3.8) is 0 Å². The molecule has 1 aromatic heterocycles. The van der Waals surface area contributed by atoms with Crippen LogP contribution in [0.4, 0.5) is 0 Å². The second kappa shape index (κ2) is 1.04. The Balaban J connectivity index is 2.77. The second-order valence-corrected chi connectivity index (χ2v) is 3.67. The third-order valence-corrected chi connectivity index (χ3v) is 2.59. The van der Waals surface area contributed by atoms with Crippen molar-refractivity contribution >= 4 is 10.0 Å². The van der Waals surface area contributed by atoms with Gasteiger partial charge in [-0.05, 0) is 6.92 Å². The molecule has 0 fully saturated rings. The molecule has 2 rings (SSSR count). The van der Waals surface area contributed by atoms with Crippen LogP contribution in [0, 0.1) is 6.92 Å². The average molecular weight is 144 g/mol. The van der Waals surface area contributed by atoms with Crippen molar-refractivity contribution in [1.29, 1.82) is 0 Å². The van der Waals surface area contributed by atoms with Crippen molar-refractivity contribution in [2.45, 2.75) is 12.1 Å². The molecule has 0 aliphatic carbocycles. The van der Waals surface area contributed by atoms with Crippen molar-refractivity contribution in [2.24, 2.45) is 0 Å². The molecule has 0 atom stereocenters. The van der Waals surface area contributed by atoms with E-state index < -0.39 is 10.0 Å². The van der Waals surface area contributed by atoms with Crippen molar-refractivity contribution in [2.75, 3.05) is 0 Å². The van der Waals surface area contributed by atoms with Gasteiger partial charge in [0.15, 0.2) is 0 Å². The van der Waals surface area contributed by atoms with Crippen LogP contribution < -0.4 is 0 Å². The van der Waals surface area contributed by atoms with Crippen molar-refractivity contribution in [3.8, 4) is 0 Å². The van der Waals surface area contributed by atoms with Gasteiger partial charge in [0, 0.05) is 6.20 Å². The molecule has 48 valence electrons. The predicted octanol–water partition coefficient (Wildman–Crippen LogP) is -0.258. The minimum Gasteiger partial charge on any atom is -0.221 e. The van der Waals surface area contributed by atoms with Crippen molar-refractivity contribution in [1.82, 2.24) is 8.96 Å². The molecule has 0 amide bonds. The quantitative estimate of drug-likeness (QED) is 0.479. The van der Waals surface area contributed by atoms with E-state index in [1.165, 1.54) is 10.2 Å². The highest BCUT2D eigenvalue weighted by molar-refractivity contribution is 7.95. The lowest BCUT2D eigenvalue weighted by atomic mass is 10.6. The molecule has 0 spiro atoms. The lowest BCUT2D eigenvalue weighted by Crippen LogP contribution is -1.83. The topological polar surface area (TPSA) is 52.0 Å². The summed E-state index contributed by atoms with van der Waals surface area (Å²) in [5.74, 6) is 0. The number of imidazole rings is 1. The Morgan fingerprint density at radius 3 is 2.67 bits per heavy atom. The van der Waals surface area contributed by atoms with E-state index in [-0.39, 0.29) is 5.16 Å². The SMILES string of the molecule is Cc1cn2c(n1)S2(=O)=O. The molecule has 0 bridgehead atoms. The summed E-state index contributed by atoms with van der Waals surface area (Å²) in [5.41, 5.74) is 0.750. The molecule has 1 aliphatic rings. The van der Waals surface area contributed by atoms with Gasteiger partial charge < -0.3 is 0 Å². The summed E-state index contributed by atoms with van der Waals surface area (Å²) in [6.07, 6.45) is 1.50. The molecular formula is C4H4N2O2S. The fraction of sp³-hybridized carbons (Fsp3) is 0.250. The molecule has 1 aliphatic heterocycles. The zero-order chi connectivity index (χ0) is 6.65. The van der Waals surface area contributed by atoms with E-state index >= 15 is 0 Å². The maximum absolute atomic E-state index is 10.6. The highest BCUT2D eigenvalue weighted by Crippen LogP contribution is 2.27. The minimum atomic E-state index is -3.03. The Hall–Kier alpha value is -0.840. The summed E-state index contributed by atoms with van der Waals surface area (Å²) < 4.78 is 22.3. The first-order chi connectivity index (χ1) is 4.12. The number of hydrogen-bond acceptors (Lipinski definition) is 3. The number of rotatable bonds is 0. The van der Waals surface area contributed by atoms with Gasteiger partial charge in [0.25, 0.3) is 5.16 Å². The zero-order valence-electron chi connectivity index (χ0n) is 4.70. The highest BCUT2D eigenvalue weighted by Gasteiger charge is 2.40. The molecule has 0 aromatic carbocycles. The van der Waals surface area contributed by atoms with Crippen LogP contribution in [-0.4, -0.2) is 17.4 Å². The van der Waals surface area contributed by atoms with E-state index in [1.807, 2.05) is 0 Å². The van der Waals surface area contributed by atoms with Crippen LogP contribution in [0.2, 0.25) is 0 Å². The first kappa shape index (κ1) is 4.99. The van der Waals surface area contributed by atoms with E-state index in [2.05, 4.69) is 4.98 Å². The van der Waals surface area contributed by atoms with Gasteiger partial charge in [-0.15, -0.1) is 0 Å². The van der Waals surface area contributed by atoms with Crippen LogP contribution in [0.1, 0.15) is 5.69 Å². The van der Waals surface area contributed by atoms with E-state index in [4.69, 9.17) is 0 Å². The molecule has 0 saturated heterocycles. The Labute approximate surface area is 52.2 Å². The van der Waals surface area contributed by atoms with Gasteiger partial charge >= 0.3 is 10.0 Å². The number of fused-ring (bicyclic) bond motifs is 1. The molecular weight excluding hydrogens is 140 g/mol. The van der Waals surface area contributed by atoms with Crippen LogP contribution in [0.3, 0.4) is 0 Å². The molecule has 1 aromatic rings. The van der Waals surface area contributed by atoms with Crippen molar-refractivity contribution in [3.05, 3.63) is 11.9 Å². The summed E-state index contributed by atoms with van der Waals surface area (Å²) in [6.45, 7) is 1.76. The largest absolute Gasteiger partial charge is 0.305 e. The standard InChI is InChI=1S/C4H4N2O2S/c1-3-2-6-4(5-3)9(6,7)8/h2H,1H3. The predicted molar refractivity (Wildman–Crippen MR) is 29.5 cm³/mol. The lowest BCUT2D eigenvalue weighted by Gasteiger charge is -1.75. The second-order valence-electron chi connectivity index (χ2n) is 1.97. The van der Waals surface area contributed by atoms with Gasteiger partial charge in [0.1, 0.15) is 0 Å². The number of aromatic nitrogens is 2. The van der Waals surface area contributed by atoms with Gasteiger partial charge in [0.2, 0.25) is 0 Å². The van der Waals surface area contributed by atoms with Crippen LogP contribution >= 0.6 is 0 Å². The van der Waals surface area contributed by atoms with E-state index in [0.717, 1.165) is 5.69 Å². The summed E-state index contributed by atoms with van der Waals surface area (Å²) >= 11 is 0. The Morgan fingerprint density at radius 1 is 1.67 bits per heavy atom. The van der Waals surface area contributed by atoms with Crippen molar-refractivity contribution < 1.29 is 8.42 Å². The minimum absolute atomic E-state index is 0.194. The molecule has 0 N–H and O–H groups in total. The molecule has 0 radical (unpaired) electrons. The van der Waals surface area contributed by atoms with Gasteiger partial charge in [0.05, 0.1) is 5.69 Å². The molecule has 4 nitrogen and oxygen atoms in total. The van der Waals surface area contributed by atoms with E-state index in [1.54, 1.807) is 6.92 Å². The van der Waals surface area contributed by atoms with Crippen LogP contribution in [0.15, 0.2) is 11.4 Å². The summed E-state index contributed by atoms with van der Waals surface area (Å²) in [5, 5.41) is 0.194. The summed E-state index contributed by atoms with van der Waals surface area (Å²) in [6, 6.07) is 0. The monoisotopic (exact) mass is 144 g/mol. The Kier molecular flexibility index (Phi) is 0.576. The molecule has 0 unspecified atom stereocenters. The lowest BCUT2D eigenvalue weighted by molar-refractivity contribution is 0.607. The number of hydrogen-bond donors (Lipinski definition) is 0. The number of aryl methyl sites for hydroxylation is 1. The molecule has 5 heteroatoms. The Bertz CT molecular complexity index is 334. The summed E-state index contributed by atoms with van der Waals surface area (Å²) in [4.78, 5) is 3.73.